The van der Waals surface area contributed by atoms with Crippen LogP contribution in [0, 0.1) is 5.92 Å². The molecular formula is C18H26N6O. The first-order chi connectivity index (χ1) is 12.2. The van der Waals surface area contributed by atoms with Crippen molar-refractivity contribution in [3.8, 4) is 11.4 Å². The van der Waals surface area contributed by atoms with Crippen LogP contribution >= 0.6 is 0 Å². The molecule has 1 aromatic heterocycles. The van der Waals surface area contributed by atoms with Crippen LogP contribution in [0.25, 0.3) is 11.4 Å². The Morgan fingerprint density at radius 3 is 2.88 bits per heavy atom. The number of piperidine rings is 1. The number of carbonyl (C=O) groups is 1. The Bertz CT molecular complexity index is 686. The molecule has 1 saturated heterocycles. The fourth-order valence-corrected chi connectivity index (χ4v) is 3.47. The first-order valence-corrected chi connectivity index (χ1v) is 9.02. The van der Waals surface area contributed by atoms with Gasteiger partial charge in [0, 0.05) is 31.1 Å². The van der Waals surface area contributed by atoms with Crippen LogP contribution in [-0.4, -0.2) is 50.1 Å². The van der Waals surface area contributed by atoms with Gasteiger partial charge in [0.2, 0.25) is 11.7 Å². The van der Waals surface area contributed by atoms with E-state index in [1.807, 2.05) is 35.2 Å². The largest absolute Gasteiger partial charge is 0.338 e. The normalized spacial score (nSPS) is 20.6. The predicted molar refractivity (Wildman–Crippen MR) is 95.4 cm³/mol. The molecule has 1 aliphatic heterocycles. The van der Waals surface area contributed by atoms with Crippen LogP contribution in [0.5, 0.6) is 0 Å². The monoisotopic (exact) mass is 342 g/mol. The zero-order chi connectivity index (χ0) is 17.6. The molecule has 7 nitrogen and oxygen atoms in total. The summed E-state index contributed by atoms with van der Waals surface area (Å²) in [4.78, 5) is 16.1. The number of nitrogens with two attached hydrogens (primary N) is 1. The maximum atomic E-state index is 12.5. The maximum Gasteiger partial charge on any atom is 0.222 e. The van der Waals surface area contributed by atoms with Gasteiger partial charge in [0.1, 0.15) is 0 Å². The minimum Gasteiger partial charge on any atom is -0.338 e. The third-order valence-electron chi connectivity index (χ3n) is 4.91. The highest BCUT2D eigenvalue weighted by atomic mass is 16.2. The summed E-state index contributed by atoms with van der Waals surface area (Å²) >= 11 is 0. The lowest BCUT2D eigenvalue weighted by Gasteiger charge is -2.39. The zero-order valence-corrected chi connectivity index (χ0v) is 14.7. The molecule has 1 aromatic carbocycles. The van der Waals surface area contributed by atoms with E-state index in [1.54, 1.807) is 4.80 Å². The van der Waals surface area contributed by atoms with Gasteiger partial charge in [0.25, 0.3) is 0 Å². The van der Waals surface area contributed by atoms with E-state index in [4.69, 9.17) is 5.73 Å². The molecule has 3 rings (SSSR count). The summed E-state index contributed by atoms with van der Waals surface area (Å²) < 4.78 is 0. The topological polar surface area (TPSA) is 89.9 Å². The number of likely N-dealkylation sites (tertiary alicyclic amines) is 1. The number of tetrazole rings is 1. The number of rotatable bonds is 6. The first-order valence-electron chi connectivity index (χ1n) is 9.02. The summed E-state index contributed by atoms with van der Waals surface area (Å²) in [5.41, 5.74) is 6.82. The second kappa shape index (κ2) is 8.20. The Labute approximate surface area is 148 Å². The molecule has 2 aromatic rings. The number of aromatic nitrogens is 4. The van der Waals surface area contributed by atoms with Crippen LogP contribution < -0.4 is 5.73 Å². The molecule has 7 heteroatoms. The Kier molecular flexibility index (Phi) is 5.75. The predicted octanol–water partition coefficient (Wildman–Crippen LogP) is 1.71. The van der Waals surface area contributed by atoms with E-state index < -0.39 is 0 Å². The van der Waals surface area contributed by atoms with Crippen LogP contribution in [0.4, 0.5) is 0 Å². The van der Waals surface area contributed by atoms with Gasteiger partial charge in [-0.3, -0.25) is 4.79 Å². The Morgan fingerprint density at radius 2 is 2.12 bits per heavy atom. The number of nitrogens with zero attached hydrogens (tertiary/aromatic N) is 5. The standard InChI is InChI=1S/C18H26N6O/c1-14-7-5-11-23(16(14)13-19)17(25)10-6-12-24-21-18(20-22-24)15-8-3-2-4-9-15/h2-4,8-9,14,16H,5-7,10-13,19H2,1H3/t14-,16+/m0/s1. The summed E-state index contributed by atoms with van der Waals surface area (Å²) in [5, 5.41) is 12.5. The van der Waals surface area contributed by atoms with Crippen LogP contribution in [0.1, 0.15) is 32.6 Å². The molecule has 0 unspecified atom stereocenters. The molecule has 25 heavy (non-hydrogen) atoms. The molecule has 1 fully saturated rings. The number of hydrogen-bond acceptors (Lipinski definition) is 5. The molecule has 0 aliphatic carbocycles. The van der Waals surface area contributed by atoms with Crippen molar-refractivity contribution in [2.45, 2.75) is 45.2 Å². The Hall–Kier alpha value is -2.28. The second-order valence-corrected chi connectivity index (χ2v) is 6.69. The number of aryl methyl sites for hydroxylation is 1. The number of amides is 1. The van der Waals surface area contributed by atoms with Gasteiger partial charge >= 0.3 is 0 Å². The Balaban J connectivity index is 1.51. The van der Waals surface area contributed by atoms with Crippen molar-refractivity contribution in [1.29, 1.82) is 0 Å². The molecule has 0 spiro atoms. The molecule has 2 heterocycles. The average Bonchev–Trinajstić information content (AvgIpc) is 3.11. The smallest absolute Gasteiger partial charge is 0.222 e. The van der Waals surface area contributed by atoms with Crippen LogP contribution in [-0.2, 0) is 11.3 Å². The summed E-state index contributed by atoms with van der Waals surface area (Å²) in [6.45, 7) is 4.13. The van der Waals surface area contributed by atoms with Crippen molar-refractivity contribution in [1.82, 2.24) is 25.1 Å². The first kappa shape index (κ1) is 17.5. The molecule has 134 valence electrons. The molecule has 2 atom stereocenters. The average molecular weight is 342 g/mol. The van der Waals surface area contributed by atoms with Crippen LogP contribution in [0.2, 0.25) is 0 Å². The molecule has 0 radical (unpaired) electrons. The van der Waals surface area contributed by atoms with Gasteiger partial charge in [0.15, 0.2) is 0 Å². The van der Waals surface area contributed by atoms with Gasteiger partial charge in [-0.05, 0) is 30.4 Å². The minimum absolute atomic E-state index is 0.176. The van der Waals surface area contributed by atoms with Gasteiger partial charge < -0.3 is 10.6 Å². The fraction of sp³-hybridized carbons (Fsp3) is 0.556. The number of hydrogen-bond donors (Lipinski definition) is 1. The summed E-state index contributed by atoms with van der Waals surface area (Å²) in [7, 11) is 0. The lowest BCUT2D eigenvalue weighted by Crippen LogP contribution is -2.51. The van der Waals surface area contributed by atoms with Crippen molar-refractivity contribution in [3.63, 3.8) is 0 Å². The van der Waals surface area contributed by atoms with Crippen molar-refractivity contribution in [3.05, 3.63) is 30.3 Å². The molecule has 0 bridgehead atoms. The number of carbonyl (C=O) groups excluding carboxylic acids is 1. The van der Waals surface area contributed by atoms with Crippen molar-refractivity contribution in [2.75, 3.05) is 13.1 Å². The van der Waals surface area contributed by atoms with Crippen LogP contribution in [0.3, 0.4) is 0 Å². The van der Waals surface area contributed by atoms with Gasteiger partial charge in [-0.2, -0.15) is 4.80 Å². The van der Waals surface area contributed by atoms with E-state index in [1.165, 1.54) is 0 Å². The highest BCUT2D eigenvalue weighted by Crippen LogP contribution is 2.23. The molecule has 0 saturated carbocycles. The Morgan fingerprint density at radius 1 is 1.32 bits per heavy atom. The molecular weight excluding hydrogens is 316 g/mol. The highest BCUT2D eigenvalue weighted by Gasteiger charge is 2.30. The number of benzene rings is 1. The lowest BCUT2D eigenvalue weighted by atomic mass is 9.90. The van der Waals surface area contributed by atoms with Crippen molar-refractivity contribution < 1.29 is 4.79 Å². The quantitative estimate of drug-likeness (QED) is 0.863. The van der Waals surface area contributed by atoms with Crippen molar-refractivity contribution >= 4 is 5.91 Å². The minimum atomic E-state index is 0.176. The maximum absolute atomic E-state index is 12.5. The van der Waals surface area contributed by atoms with E-state index in [2.05, 4.69) is 22.3 Å². The van der Waals surface area contributed by atoms with E-state index in [9.17, 15) is 4.79 Å². The summed E-state index contributed by atoms with van der Waals surface area (Å²) in [6, 6.07) is 9.93. The third-order valence-corrected chi connectivity index (χ3v) is 4.91. The second-order valence-electron chi connectivity index (χ2n) is 6.69. The van der Waals surface area contributed by atoms with Gasteiger partial charge in [-0.25, -0.2) is 0 Å². The van der Waals surface area contributed by atoms with Gasteiger partial charge in [-0.15, -0.1) is 10.2 Å². The molecule has 1 amide bonds. The summed E-state index contributed by atoms with van der Waals surface area (Å²) in [5.74, 6) is 1.28. The molecule has 1 aliphatic rings. The summed E-state index contributed by atoms with van der Waals surface area (Å²) in [6.07, 6.45) is 3.41. The van der Waals surface area contributed by atoms with Crippen LogP contribution in [0.15, 0.2) is 30.3 Å². The zero-order valence-electron chi connectivity index (χ0n) is 14.7. The highest BCUT2D eigenvalue weighted by molar-refractivity contribution is 5.76. The van der Waals surface area contributed by atoms with E-state index in [-0.39, 0.29) is 11.9 Å². The van der Waals surface area contributed by atoms with Crippen molar-refractivity contribution in [2.24, 2.45) is 11.7 Å². The van der Waals surface area contributed by atoms with Gasteiger partial charge in [0.05, 0.1) is 6.54 Å². The fourth-order valence-electron chi connectivity index (χ4n) is 3.47. The van der Waals surface area contributed by atoms with E-state index in [0.29, 0.717) is 37.7 Å². The SMILES string of the molecule is C[C@H]1CCCN(C(=O)CCCn2nnc(-c3ccccc3)n2)[C@@H]1CN. The van der Waals surface area contributed by atoms with E-state index in [0.717, 1.165) is 24.9 Å². The van der Waals surface area contributed by atoms with Gasteiger partial charge in [-0.1, -0.05) is 37.3 Å². The molecule has 2 N–H and O–H groups in total. The lowest BCUT2D eigenvalue weighted by molar-refractivity contribution is -0.136. The third kappa shape index (κ3) is 4.22. The van der Waals surface area contributed by atoms with E-state index >= 15 is 0 Å².